The van der Waals surface area contributed by atoms with Gasteiger partial charge in [0.2, 0.25) is 0 Å². The highest BCUT2D eigenvalue weighted by Gasteiger charge is 2.12. The van der Waals surface area contributed by atoms with Crippen LogP contribution in [0.15, 0.2) is 36.4 Å². The number of carbonyl (C=O) groups excluding carboxylic acids is 1. The molecule has 2 aromatic rings. The Morgan fingerprint density at radius 3 is 2.24 bits per heavy atom. The monoisotopic (exact) mass is 288 g/mol. The third-order valence-corrected chi connectivity index (χ3v) is 2.50. The Labute approximate surface area is 122 Å². The molecule has 0 radical (unpaired) electrons. The molecule has 0 saturated heterocycles. The molecular weight excluding hydrogens is 271 g/mol. The first-order valence-electron chi connectivity index (χ1n) is 6.52. The molecule has 0 bridgehead atoms. The molecule has 21 heavy (non-hydrogen) atoms. The van der Waals surface area contributed by atoms with Crippen LogP contribution in [0.1, 0.15) is 31.3 Å². The summed E-state index contributed by atoms with van der Waals surface area (Å²) in [5, 5.41) is 13.6. The molecule has 2 N–H and O–H groups in total. The molecule has 5 nitrogen and oxygen atoms in total. The van der Waals surface area contributed by atoms with Gasteiger partial charge in [-0.15, -0.1) is 10.2 Å². The van der Waals surface area contributed by atoms with E-state index < -0.39 is 5.91 Å². The lowest BCUT2D eigenvalue weighted by atomic mass is 10.1. The number of anilines is 2. The Balaban J connectivity index is 2.04. The van der Waals surface area contributed by atoms with Crippen molar-refractivity contribution in [2.75, 3.05) is 10.6 Å². The smallest absolute Gasteiger partial charge is 0.276 e. The average molecular weight is 288 g/mol. The molecule has 6 heteroatoms. The molecule has 1 aromatic heterocycles. The first-order valence-corrected chi connectivity index (χ1v) is 6.52. The molecular formula is C15H17FN4O. The number of aromatic nitrogens is 2. The van der Waals surface area contributed by atoms with Crippen LogP contribution < -0.4 is 10.6 Å². The largest absolute Gasteiger partial charge is 0.364 e. The molecule has 0 fully saturated rings. The van der Waals surface area contributed by atoms with Gasteiger partial charge in [0, 0.05) is 11.2 Å². The van der Waals surface area contributed by atoms with Crippen LogP contribution in [-0.4, -0.2) is 21.6 Å². The summed E-state index contributed by atoms with van der Waals surface area (Å²) in [6.45, 7) is 6.01. The zero-order valence-corrected chi connectivity index (χ0v) is 12.1. The minimum absolute atomic E-state index is 0.132. The first-order chi connectivity index (χ1) is 9.83. The van der Waals surface area contributed by atoms with Gasteiger partial charge in [0.05, 0.1) is 0 Å². The van der Waals surface area contributed by atoms with Crippen LogP contribution in [0.4, 0.5) is 15.9 Å². The first kappa shape index (κ1) is 14.9. The average Bonchev–Trinajstić information content (AvgIpc) is 2.40. The van der Waals surface area contributed by atoms with Gasteiger partial charge in [0.25, 0.3) is 5.91 Å². The Hall–Kier alpha value is -2.50. The second-order valence-corrected chi connectivity index (χ2v) is 5.64. The summed E-state index contributed by atoms with van der Waals surface area (Å²) >= 11 is 0. The Morgan fingerprint density at radius 1 is 1.05 bits per heavy atom. The number of carbonyl (C=O) groups is 1. The van der Waals surface area contributed by atoms with Crippen molar-refractivity contribution < 1.29 is 9.18 Å². The molecule has 1 aromatic carbocycles. The lowest BCUT2D eigenvalue weighted by molar-refractivity contribution is 0.102. The van der Waals surface area contributed by atoms with E-state index in [-0.39, 0.29) is 17.1 Å². The van der Waals surface area contributed by atoms with Gasteiger partial charge in [-0.05, 0) is 57.2 Å². The summed E-state index contributed by atoms with van der Waals surface area (Å²) in [5.41, 5.74) is 0.561. The second kappa shape index (κ2) is 5.87. The molecule has 0 spiro atoms. The second-order valence-electron chi connectivity index (χ2n) is 5.64. The van der Waals surface area contributed by atoms with Crippen molar-refractivity contribution in [2.24, 2.45) is 0 Å². The van der Waals surface area contributed by atoms with E-state index in [4.69, 9.17) is 0 Å². The van der Waals surface area contributed by atoms with Crippen LogP contribution in [0.2, 0.25) is 0 Å². The van der Waals surface area contributed by atoms with Crippen LogP contribution >= 0.6 is 0 Å². The van der Waals surface area contributed by atoms with E-state index >= 15 is 0 Å². The van der Waals surface area contributed by atoms with Crippen molar-refractivity contribution in [2.45, 2.75) is 26.3 Å². The van der Waals surface area contributed by atoms with Crippen molar-refractivity contribution >= 4 is 17.4 Å². The molecule has 0 aliphatic heterocycles. The van der Waals surface area contributed by atoms with E-state index in [0.717, 1.165) is 0 Å². The molecule has 2 rings (SSSR count). The van der Waals surface area contributed by atoms with Gasteiger partial charge in [0.15, 0.2) is 5.69 Å². The predicted molar refractivity (Wildman–Crippen MR) is 79.8 cm³/mol. The highest BCUT2D eigenvalue weighted by Crippen LogP contribution is 2.12. The van der Waals surface area contributed by atoms with E-state index in [2.05, 4.69) is 20.8 Å². The minimum atomic E-state index is -0.392. The van der Waals surface area contributed by atoms with Crippen molar-refractivity contribution in [3.05, 3.63) is 47.9 Å². The third-order valence-electron chi connectivity index (χ3n) is 2.50. The molecule has 0 aliphatic carbocycles. The van der Waals surface area contributed by atoms with Gasteiger partial charge < -0.3 is 10.6 Å². The van der Waals surface area contributed by atoms with Gasteiger partial charge in [-0.3, -0.25) is 4.79 Å². The predicted octanol–water partition coefficient (Wildman–Crippen LogP) is 3.08. The van der Waals surface area contributed by atoms with E-state index in [9.17, 15) is 9.18 Å². The fourth-order valence-corrected chi connectivity index (χ4v) is 1.63. The summed E-state index contributed by atoms with van der Waals surface area (Å²) in [5.74, 6) is -0.150. The number of hydrogen-bond donors (Lipinski definition) is 2. The van der Waals surface area contributed by atoms with Gasteiger partial charge >= 0.3 is 0 Å². The lowest BCUT2D eigenvalue weighted by Crippen LogP contribution is -2.27. The summed E-state index contributed by atoms with van der Waals surface area (Å²) in [6.07, 6.45) is 0. The molecule has 110 valence electrons. The van der Waals surface area contributed by atoms with Crippen LogP contribution in [0.3, 0.4) is 0 Å². The summed E-state index contributed by atoms with van der Waals surface area (Å²) in [7, 11) is 0. The van der Waals surface area contributed by atoms with E-state index in [1.165, 1.54) is 24.3 Å². The molecule has 0 atom stereocenters. The zero-order chi connectivity index (χ0) is 15.5. The normalized spacial score (nSPS) is 11.0. The Morgan fingerprint density at radius 2 is 1.71 bits per heavy atom. The molecule has 1 amide bonds. The van der Waals surface area contributed by atoms with Crippen LogP contribution in [0.25, 0.3) is 0 Å². The van der Waals surface area contributed by atoms with Crippen molar-refractivity contribution in [1.29, 1.82) is 0 Å². The number of nitrogens with one attached hydrogen (secondary N) is 2. The maximum Gasteiger partial charge on any atom is 0.276 e. The number of benzene rings is 1. The molecule has 0 saturated carbocycles. The molecule has 0 unspecified atom stereocenters. The SMILES string of the molecule is CC(C)(C)Nc1ccc(C(=O)Nc2ccc(F)cc2)nn1. The maximum atomic E-state index is 12.8. The summed E-state index contributed by atoms with van der Waals surface area (Å²) < 4.78 is 12.8. The van der Waals surface area contributed by atoms with E-state index in [1.807, 2.05) is 20.8 Å². The zero-order valence-electron chi connectivity index (χ0n) is 12.1. The van der Waals surface area contributed by atoms with Crippen LogP contribution in [0.5, 0.6) is 0 Å². The maximum absolute atomic E-state index is 12.8. The van der Waals surface area contributed by atoms with Crippen LogP contribution in [0, 0.1) is 5.82 Å². The highest BCUT2D eigenvalue weighted by atomic mass is 19.1. The highest BCUT2D eigenvalue weighted by molar-refractivity contribution is 6.02. The van der Waals surface area contributed by atoms with Gasteiger partial charge in [-0.1, -0.05) is 0 Å². The van der Waals surface area contributed by atoms with Gasteiger partial charge in [-0.25, -0.2) is 4.39 Å². The fraction of sp³-hybridized carbons (Fsp3) is 0.267. The van der Waals surface area contributed by atoms with Crippen LogP contribution in [-0.2, 0) is 0 Å². The number of rotatable bonds is 3. The quantitative estimate of drug-likeness (QED) is 0.911. The van der Waals surface area contributed by atoms with Gasteiger partial charge in [-0.2, -0.15) is 0 Å². The summed E-state index contributed by atoms with van der Waals surface area (Å²) in [6, 6.07) is 8.79. The molecule has 0 aliphatic rings. The molecule has 1 heterocycles. The summed E-state index contributed by atoms with van der Waals surface area (Å²) in [4.78, 5) is 12.0. The minimum Gasteiger partial charge on any atom is -0.364 e. The van der Waals surface area contributed by atoms with Gasteiger partial charge in [0.1, 0.15) is 11.6 Å². The third kappa shape index (κ3) is 4.52. The van der Waals surface area contributed by atoms with Crippen molar-refractivity contribution in [1.82, 2.24) is 10.2 Å². The van der Waals surface area contributed by atoms with E-state index in [1.54, 1.807) is 12.1 Å². The number of amides is 1. The number of nitrogens with zero attached hydrogens (tertiary/aromatic N) is 2. The number of hydrogen-bond acceptors (Lipinski definition) is 4. The standard InChI is InChI=1S/C15H17FN4O/c1-15(2,3)18-13-9-8-12(19-20-13)14(21)17-11-6-4-10(16)5-7-11/h4-9H,1-3H3,(H,17,21)(H,18,20). The number of halogens is 1. The lowest BCUT2D eigenvalue weighted by Gasteiger charge is -2.20. The van der Waals surface area contributed by atoms with Crippen molar-refractivity contribution in [3.8, 4) is 0 Å². The topological polar surface area (TPSA) is 66.9 Å². The Bertz CT molecular complexity index is 618. The van der Waals surface area contributed by atoms with Crippen molar-refractivity contribution in [3.63, 3.8) is 0 Å². The van der Waals surface area contributed by atoms with E-state index in [0.29, 0.717) is 11.5 Å². The fourth-order valence-electron chi connectivity index (χ4n) is 1.63. The Kier molecular flexibility index (Phi) is 4.16.